The van der Waals surface area contributed by atoms with Gasteiger partial charge in [-0.05, 0) is 31.0 Å². The lowest BCUT2D eigenvalue weighted by Gasteiger charge is -2.37. The second-order valence-corrected chi connectivity index (χ2v) is 6.82. The van der Waals surface area contributed by atoms with E-state index < -0.39 is 0 Å². The van der Waals surface area contributed by atoms with E-state index in [1.807, 2.05) is 60.4 Å². The Labute approximate surface area is 155 Å². The molecular weight excluding hydrogens is 326 g/mol. The lowest BCUT2D eigenvalue weighted by molar-refractivity contribution is -0.144. The highest BCUT2D eigenvalue weighted by Crippen LogP contribution is 2.17. The first-order valence-electron chi connectivity index (χ1n) is 9.35. The van der Waals surface area contributed by atoms with Crippen LogP contribution in [0.1, 0.15) is 25.3 Å². The Balaban J connectivity index is 1.44. The third kappa shape index (κ3) is 5.60. The largest absolute Gasteiger partial charge is 0.494 e. The maximum atomic E-state index is 12.6. The molecule has 0 aliphatic carbocycles. The van der Waals surface area contributed by atoms with Crippen LogP contribution in [0.5, 0.6) is 5.75 Å². The van der Waals surface area contributed by atoms with Crippen molar-refractivity contribution in [3.63, 3.8) is 0 Å². The molecule has 1 aliphatic rings. The molecule has 0 N–H and O–H groups in total. The summed E-state index contributed by atoms with van der Waals surface area (Å²) in [6, 6.07) is 20.0. The zero-order chi connectivity index (χ0) is 18.2. The minimum Gasteiger partial charge on any atom is -0.494 e. The molecule has 2 unspecified atom stereocenters. The number of rotatable bonds is 7. The van der Waals surface area contributed by atoms with Crippen LogP contribution in [0.3, 0.4) is 0 Å². The van der Waals surface area contributed by atoms with Crippen LogP contribution in [0, 0.1) is 0 Å². The Bertz CT molecular complexity index is 674. The van der Waals surface area contributed by atoms with Gasteiger partial charge < -0.3 is 14.4 Å². The number of carbonyl (C=O) groups excluding carboxylic acids is 1. The summed E-state index contributed by atoms with van der Waals surface area (Å²) in [5.41, 5.74) is 1.25. The summed E-state index contributed by atoms with van der Waals surface area (Å²) in [4.78, 5) is 14.5. The smallest absolute Gasteiger partial charge is 0.222 e. The number of amides is 1. The number of ether oxygens (including phenoxy) is 2. The summed E-state index contributed by atoms with van der Waals surface area (Å²) in [5, 5.41) is 0. The van der Waals surface area contributed by atoms with Gasteiger partial charge in [0.25, 0.3) is 0 Å². The first kappa shape index (κ1) is 18.5. The Morgan fingerprint density at radius 1 is 1.08 bits per heavy atom. The van der Waals surface area contributed by atoms with Gasteiger partial charge in [0.05, 0.1) is 18.8 Å². The van der Waals surface area contributed by atoms with Gasteiger partial charge in [-0.2, -0.15) is 0 Å². The predicted molar refractivity (Wildman–Crippen MR) is 102 cm³/mol. The third-order valence-electron chi connectivity index (χ3n) is 4.53. The quantitative estimate of drug-likeness (QED) is 0.713. The number of hydrogen-bond acceptors (Lipinski definition) is 3. The molecule has 3 rings (SSSR count). The Morgan fingerprint density at radius 3 is 2.50 bits per heavy atom. The second-order valence-electron chi connectivity index (χ2n) is 6.82. The molecule has 2 aromatic carbocycles. The number of benzene rings is 2. The number of hydrogen-bond donors (Lipinski definition) is 0. The molecule has 1 fully saturated rings. The highest BCUT2D eigenvalue weighted by atomic mass is 16.5. The Kier molecular flexibility index (Phi) is 6.67. The van der Waals surface area contributed by atoms with Gasteiger partial charge in [-0.25, -0.2) is 0 Å². The van der Waals surface area contributed by atoms with E-state index in [4.69, 9.17) is 9.47 Å². The molecule has 0 spiro atoms. The highest BCUT2D eigenvalue weighted by molar-refractivity contribution is 5.76. The molecule has 1 amide bonds. The van der Waals surface area contributed by atoms with Crippen molar-refractivity contribution in [1.82, 2.24) is 4.90 Å². The summed E-state index contributed by atoms with van der Waals surface area (Å²) >= 11 is 0. The predicted octanol–water partition coefficient (Wildman–Crippen LogP) is 3.70. The van der Waals surface area contributed by atoms with Gasteiger partial charge in [0.15, 0.2) is 0 Å². The molecule has 0 bridgehead atoms. The van der Waals surface area contributed by atoms with Crippen LogP contribution in [0.2, 0.25) is 0 Å². The van der Waals surface area contributed by atoms with Crippen molar-refractivity contribution in [3.8, 4) is 5.75 Å². The van der Waals surface area contributed by atoms with Gasteiger partial charge in [0.2, 0.25) is 5.91 Å². The van der Waals surface area contributed by atoms with E-state index in [9.17, 15) is 4.79 Å². The van der Waals surface area contributed by atoms with Crippen LogP contribution in [0.25, 0.3) is 0 Å². The fourth-order valence-corrected chi connectivity index (χ4v) is 3.33. The van der Waals surface area contributed by atoms with E-state index in [1.165, 1.54) is 5.56 Å². The zero-order valence-electron chi connectivity index (χ0n) is 15.3. The maximum absolute atomic E-state index is 12.6. The first-order valence-corrected chi connectivity index (χ1v) is 9.35. The molecule has 2 aromatic rings. The molecular formula is C22H27NO3. The summed E-state index contributed by atoms with van der Waals surface area (Å²) in [6.07, 6.45) is 2.21. The van der Waals surface area contributed by atoms with Crippen molar-refractivity contribution >= 4 is 5.91 Å². The van der Waals surface area contributed by atoms with Gasteiger partial charge in [-0.15, -0.1) is 0 Å². The molecule has 4 nitrogen and oxygen atoms in total. The topological polar surface area (TPSA) is 38.8 Å². The molecule has 138 valence electrons. The fourth-order valence-electron chi connectivity index (χ4n) is 3.33. The Hall–Kier alpha value is -2.33. The van der Waals surface area contributed by atoms with Crippen molar-refractivity contribution in [1.29, 1.82) is 0 Å². The van der Waals surface area contributed by atoms with E-state index in [-0.39, 0.29) is 18.1 Å². The van der Waals surface area contributed by atoms with Gasteiger partial charge in [-0.3, -0.25) is 4.79 Å². The highest BCUT2D eigenvalue weighted by Gasteiger charge is 2.28. The molecule has 0 radical (unpaired) electrons. The van der Waals surface area contributed by atoms with E-state index in [0.29, 0.717) is 26.1 Å². The van der Waals surface area contributed by atoms with Crippen LogP contribution in [-0.4, -0.2) is 42.7 Å². The van der Waals surface area contributed by atoms with E-state index in [1.54, 1.807) is 0 Å². The van der Waals surface area contributed by atoms with Crippen molar-refractivity contribution in [3.05, 3.63) is 66.2 Å². The number of carbonyl (C=O) groups is 1. The first-order chi connectivity index (χ1) is 12.7. The summed E-state index contributed by atoms with van der Waals surface area (Å²) < 4.78 is 11.7. The van der Waals surface area contributed by atoms with Crippen LogP contribution in [0.4, 0.5) is 0 Å². The minimum atomic E-state index is 0.0608. The van der Waals surface area contributed by atoms with E-state index in [2.05, 4.69) is 12.1 Å². The molecule has 26 heavy (non-hydrogen) atoms. The van der Waals surface area contributed by atoms with Gasteiger partial charge in [0.1, 0.15) is 5.75 Å². The standard InChI is InChI=1S/C22H27NO3/c1-18-16-23(17-21(26-18)15-19-9-4-2-5-10-19)22(24)13-8-14-25-20-11-6-3-7-12-20/h2-7,9-12,18,21H,8,13-17H2,1H3. The van der Waals surface area contributed by atoms with E-state index >= 15 is 0 Å². The zero-order valence-corrected chi connectivity index (χ0v) is 15.3. The molecule has 1 aliphatic heterocycles. The second kappa shape index (κ2) is 9.39. The van der Waals surface area contributed by atoms with Gasteiger partial charge in [0, 0.05) is 25.9 Å². The van der Waals surface area contributed by atoms with Crippen molar-refractivity contribution in [2.24, 2.45) is 0 Å². The fraction of sp³-hybridized carbons (Fsp3) is 0.409. The summed E-state index contributed by atoms with van der Waals surface area (Å²) in [5.74, 6) is 1.04. The van der Waals surface area contributed by atoms with E-state index in [0.717, 1.165) is 18.6 Å². The Morgan fingerprint density at radius 2 is 1.77 bits per heavy atom. The third-order valence-corrected chi connectivity index (χ3v) is 4.53. The molecule has 1 saturated heterocycles. The van der Waals surface area contributed by atoms with Crippen molar-refractivity contribution < 1.29 is 14.3 Å². The monoisotopic (exact) mass is 353 g/mol. The molecule has 4 heteroatoms. The summed E-state index contributed by atoms with van der Waals surface area (Å²) in [6.45, 7) is 3.93. The van der Waals surface area contributed by atoms with Crippen LogP contribution in [0.15, 0.2) is 60.7 Å². The molecule has 2 atom stereocenters. The number of para-hydroxylation sites is 1. The number of nitrogens with zero attached hydrogens (tertiary/aromatic N) is 1. The molecule has 0 saturated carbocycles. The van der Waals surface area contributed by atoms with Gasteiger partial charge >= 0.3 is 0 Å². The summed E-state index contributed by atoms with van der Waals surface area (Å²) in [7, 11) is 0. The lowest BCUT2D eigenvalue weighted by atomic mass is 10.1. The normalized spacial score (nSPS) is 20.0. The SMILES string of the molecule is CC1CN(C(=O)CCCOc2ccccc2)CC(Cc2ccccc2)O1. The van der Waals surface area contributed by atoms with Crippen LogP contribution in [-0.2, 0) is 16.0 Å². The molecule has 1 heterocycles. The van der Waals surface area contributed by atoms with Crippen molar-refractivity contribution in [2.45, 2.75) is 38.4 Å². The average molecular weight is 353 g/mol. The maximum Gasteiger partial charge on any atom is 0.222 e. The van der Waals surface area contributed by atoms with Gasteiger partial charge in [-0.1, -0.05) is 48.5 Å². The van der Waals surface area contributed by atoms with Crippen LogP contribution < -0.4 is 4.74 Å². The average Bonchev–Trinajstić information content (AvgIpc) is 2.66. The van der Waals surface area contributed by atoms with Crippen LogP contribution >= 0.6 is 0 Å². The van der Waals surface area contributed by atoms with Crippen molar-refractivity contribution in [2.75, 3.05) is 19.7 Å². The number of morpholine rings is 1. The molecule has 0 aromatic heterocycles. The lowest BCUT2D eigenvalue weighted by Crippen LogP contribution is -2.49. The minimum absolute atomic E-state index is 0.0608.